The highest BCUT2D eigenvalue weighted by atomic mass is 15.2. The van der Waals surface area contributed by atoms with E-state index in [-0.39, 0.29) is 0 Å². The first-order valence-corrected chi connectivity index (χ1v) is 8.24. The Morgan fingerprint density at radius 2 is 1.86 bits per heavy atom. The lowest BCUT2D eigenvalue weighted by Crippen LogP contribution is -2.44. The highest BCUT2D eigenvalue weighted by Crippen LogP contribution is 2.32. The second-order valence-electron chi connectivity index (χ2n) is 6.20. The van der Waals surface area contributed by atoms with Gasteiger partial charge >= 0.3 is 0 Å². The molecule has 0 amide bonds. The molecular weight excluding hydrogens is 272 g/mol. The van der Waals surface area contributed by atoms with E-state index >= 15 is 0 Å². The van der Waals surface area contributed by atoms with Gasteiger partial charge in [-0.2, -0.15) is 0 Å². The quantitative estimate of drug-likeness (QED) is 0.923. The number of piperazine rings is 1. The first-order chi connectivity index (χ1) is 10.8. The summed E-state index contributed by atoms with van der Waals surface area (Å²) in [6.07, 6.45) is 3.43. The third-order valence-electron chi connectivity index (χ3n) is 4.71. The van der Waals surface area contributed by atoms with Gasteiger partial charge in [0.25, 0.3) is 0 Å². The van der Waals surface area contributed by atoms with Crippen molar-refractivity contribution in [1.29, 1.82) is 0 Å². The number of anilines is 1. The van der Waals surface area contributed by atoms with Crippen molar-refractivity contribution in [2.24, 2.45) is 0 Å². The standard InChI is InChI=1S/C18H22N4/c1-13-5-2-3-6-14(13)17-20-16-8-4-7-15(16)18(21-17)22-11-9-19-10-12-22/h2-3,5-6,19H,4,7-12H2,1H3. The molecule has 1 aliphatic carbocycles. The average Bonchev–Trinajstić information content (AvgIpc) is 3.03. The van der Waals surface area contributed by atoms with Crippen LogP contribution in [-0.4, -0.2) is 36.1 Å². The Kier molecular flexibility index (Phi) is 3.54. The molecule has 0 spiro atoms. The van der Waals surface area contributed by atoms with Gasteiger partial charge in [-0.05, 0) is 31.7 Å². The molecule has 2 heterocycles. The molecule has 2 aromatic rings. The summed E-state index contributed by atoms with van der Waals surface area (Å²) >= 11 is 0. The van der Waals surface area contributed by atoms with Gasteiger partial charge in [0, 0.05) is 43.0 Å². The zero-order valence-electron chi connectivity index (χ0n) is 13.1. The highest BCUT2D eigenvalue weighted by Gasteiger charge is 2.24. The van der Waals surface area contributed by atoms with Crippen LogP contribution in [0.2, 0.25) is 0 Å². The van der Waals surface area contributed by atoms with Crippen LogP contribution >= 0.6 is 0 Å². The zero-order valence-corrected chi connectivity index (χ0v) is 13.1. The van der Waals surface area contributed by atoms with Crippen molar-refractivity contribution >= 4 is 5.82 Å². The van der Waals surface area contributed by atoms with E-state index in [4.69, 9.17) is 9.97 Å². The highest BCUT2D eigenvalue weighted by molar-refractivity contribution is 5.64. The van der Waals surface area contributed by atoms with Crippen LogP contribution in [0.4, 0.5) is 5.82 Å². The number of nitrogens with zero attached hydrogens (tertiary/aromatic N) is 3. The Labute approximate surface area is 131 Å². The van der Waals surface area contributed by atoms with Crippen LogP contribution in [0, 0.1) is 6.92 Å². The smallest absolute Gasteiger partial charge is 0.162 e. The fourth-order valence-corrected chi connectivity index (χ4v) is 3.50. The number of nitrogens with one attached hydrogen (secondary N) is 1. The van der Waals surface area contributed by atoms with E-state index in [1.165, 1.54) is 29.1 Å². The fourth-order valence-electron chi connectivity index (χ4n) is 3.50. The van der Waals surface area contributed by atoms with Gasteiger partial charge in [-0.1, -0.05) is 24.3 Å². The van der Waals surface area contributed by atoms with E-state index in [0.29, 0.717) is 0 Å². The summed E-state index contributed by atoms with van der Waals surface area (Å²) in [6, 6.07) is 8.41. The fraction of sp³-hybridized carbons (Fsp3) is 0.444. The third-order valence-corrected chi connectivity index (χ3v) is 4.71. The maximum absolute atomic E-state index is 4.99. The molecule has 1 N–H and O–H groups in total. The molecule has 1 aromatic heterocycles. The topological polar surface area (TPSA) is 41.1 Å². The van der Waals surface area contributed by atoms with Gasteiger partial charge < -0.3 is 10.2 Å². The number of benzene rings is 1. The summed E-state index contributed by atoms with van der Waals surface area (Å²) in [5.74, 6) is 2.08. The van der Waals surface area contributed by atoms with Crippen LogP contribution in [-0.2, 0) is 12.8 Å². The van der Waals surface area contributed by atoms with Crippen LogP contribution in [0.15, 0.2) is 24.3 Å². The molecule has 4 heteroatoms. The zero-order chi connectivity index (χ0) is 14.9. The predicted octanol–water partition coefficient (Wildman–Crippen LogP) is 2.35. The largest absolute Gasteiger partial charge is 0.354 e. The molecular formula is C18H22N4. The van der Waals surface area contributed by atoms with Crippen LogP contribution in [0.25, 0.3) is 11.4 Å². The second-order valence-corrected chi connectivity index (χ2v) is 6.20. The molecule has 114 valence electrons. The lowest BCUT2D eigenvalue weighted by Gasteiger charge is -2.30. The van der Waals surface area contributed by atoms with Crippen molar-refractivity contribution in [1.82, 2.24) is 15.3 Å². The number of hydrogen-bond acceptors (Lipinski definition) is 4. The molecule has 1 aliphatic heterocycles. The Hall–Kier alpha value is -1.94. The minimum Gasteiger partial charge on any atom is -0.354 e. The Bertz CT molecular complexity index is 689. The molecule has 1 aromatic carbocycles. The summed E-state index contributed by atoms with van der Waals surface area (Å²) in [6.45, 7) is 6.29. The van der Waals surface area contributed by atoms with Crippen LogP contribution in [0.3, 0.4) is 0 Å². The molecule has 0 atom stereocenters. The SMILES string of the molecule is Cc1ccccc1-c1nc2c(c(N3CCNCC3)n1)CCC2. The average molecular weight is 294 g/mol. The van der Waals surface area contributed by atoms with Crippen molar-refractivity contribution in [2.75, 3.05) is 31.1 Å². The minimum absolute atomic E-state index is 0.896. The summed E-state index contributed by atoms with van der Waals surface area (Å²) in [5.41, 5.74) is 5.06. The predicted molar refractivity (Wildman–Crippen MR) is 89.3 cm³/mol. The number of rotatable bonds is 2. The van der Waals surface area contributed by atoms with Gasteiger partial charge in [0.15, 0.2) is 5.82 Å². The molecule has 0 bridgehead atoms. The summed E-state index contributed by atoms with van der Waals surface area (Å²) < 4.78 is 0. The number of hydrogen-bond donors (Lipinski definition) is 1. The van der Waals surface area contributed by atoms with Crippen LogP contribution in [0.5, 0.6) is 0 Å². The number of aryl methyl sites for hydroxylation is 2. The monoisotopic (exact) mass is 294 g/mol. The van der Waals surface area contributed by atoms with Crippen molar-refractivity contribution in [3.8, 4) is 11.4 Å². The maximum atomic E-state index is 4.99. The van der Waals surface area contributed by atoms with E-state index in [9.17, 15) is 0 Å². The Balaban J connectivity index is 1.82. The summed E-state index contributed by atoms with van der Waals surface area (Å²) in [5, 5.41) is 3.42. The Morgan fingerprint density at radius 1 is 1.05 bits per heavy atom. The molecule has 1 saturated heterocycles. The van der Waals surface area contributed by atoms with Crippen molar-refractivity contribution in [3.05, 3.63) is 41.1 Å². The van der Waals surface area contributed by atoms with Gasteiger partial charge in [0.2, 0.25) is 0 Å². The van der Waals surface area contributed by atoms with Gasteiger partial charge in [-0.25, -0.2) is 9.97 Å². The molecule has 0 saturated carbocycles. The maximum Gasteiger partial charge on any atom is 0.162 e. The second kappa shape index (κ2) is 5.69. The number of aromatic nitrogens is 2. The molecule has 22 heavy (non-hydrogen) atoms. The molecule has 1 fully saturated rings. The normalized spacial score (nSPS) is 17.6. The van der Waals surface area contributed by atoms with E-state index in [1.807, 2.05) is 0 Å². The van der Waals surface area contributed by atoms with E-state index in [1.54, 1.807) is 0 Å². The van der Waals surface area contributed by atoms with Crippen molar-refractivity contribution < 1.29 is 0 Å². The number of fused-ring (bicyclic) bond motifs is 1. The molecule has 4 nitrogen and oxygen atoms in total. The Morgan fingerprint density at radius 3 is 2.68 bits per heavy atom. The molecule has 2 aliphatic rings. The van der Waals surface area contributed by atoms with E-state index < -0.39 is 0 Å². The van der Waals surface area contributed by atoms with Gasteiger partial charge in [0.1, 0.15) is 5.82 Å². The third kappa shape index (κ3) is 2.37. The lowest BCUT2D eigenvalue weighted by molar-refractivity contribution is 0.583. The lowest BCUT2D eigenvalue weighted by atomic mass is 10.1. The van der Waals surface area contributed by atoms with Crippen LogP contribution in [0.1, 0.15) is 23.2 Å². The first kappa shape index (κ1) is 13.7. The van der Waals surface area contributed by atoms with Gasteiger partial charge in [-0.15, -0.1) is 0 Å². The molecule has 0 unspecified atom stereocenters. The van der Waals surface area contributed by atoms with Crippen molar-refractivity contribution in [3.63, 3.8) is 0 Å². The van der Waals surface area contributed by atoms with E-state index in [0.717, 1.165) is 50.4 Å². The van der Waals surface area contributed by atoms with E-state index in [2.05, 4.69) is 41.4 Å². The van der Waals surface area contributed by atoms with Gasteiger partial charge in [-0.3, -0.25) is 0 Å². The van der Waals surface area contributed by atoms with Crippen molar-refractivity contribution in [2.45, 2.75) is 26.2 Å². The molecule has 0 radical (unpaired) electrons. The van der Waals surface area contributed by atoms with Crippen LogP contribution < -0.4 is 10.2 Å². The summed E-state index contributed by atoms with van der Waals surface area (Å²) in [7, 11) is 0. The molecule has 4 rings (SSSR count). The summed E-state index contributed by atoms with van der Waals surface area (Å²) in [4.78, 5) is 12.3. The van der Waals surface area contributed by atoms with Gasteiger partial charge in [0.05, 0.1) is 0 Å². The first-order valence-electron chi connectivity index (χ1n) is 8.24. The minimum atomic E-state index is 0.896.